The minimum atomic E-state index is -3.67. The van der Waals surface area contributed by atoms with E-state index in [1.54, 1.807) is 18.2 Å². The molecule has 164 valence electrons. The van der Waals surface area contributed by atoms with Crippen LogP contribution < -0.4 is 10.0 Å². The molecule has 0 spiro atoms. The van der Waals surface area contributed by atoms with Crippen molar-refractivity contribution in [1.29, 1.82) is 0 Å². The lowest BCUT2D eigenvalue weighted by Crippen LogP contribution is -2.69. The molecule has 5 aliphatic rings. The van der Waals surface area contributed by atoms with Crippen LogP contribution in [0.1, 0.15) is 58.3 Å². The molecule has 1 aromatic rings. The largest absolute Gasteiger partial charge is 0.339 e. The van der Waals surface area contributed by atoms with Gasteiger partial charge in [-0.05, 0) is 82.3 Å². The van der Waals surface area contributed by atoms with E-state index in [1.807, 2.05) is 4.90 Å². The third-order valence-corrected chi connectivity index (χ3v) is 9.31. The Hall–Kier alpha value is -1.51. The molecule has 6 rings (SSSR count). The summed E-state index contributed by atoms with van der Waals surface area (Å²) in [7, 11) is -3.67. The van der Waals surface area contributed by atoms with Gasteiger partial charge in [-0.15, -0.1) is 0 Å². The molecule has 2 heterocycles. The molecule has 0 aromatic carbocycles. The minimum Gasteiger partial charge on any atom is -0.339 e. The molecule has 30 heavy (non-hydrogen) atoms. The Morgan fingerprint density at radius 2 is 1.93 bits per heavy atom. The number of nitrogens with zero attached hydrogens (tertiary/aromatic N) is 2. The Labute approximate surface area is 179 Å². The lowest BCUT2D eigenvalue weighted by molar-refractivity contribution is -0.132. The highest BCUT2D eigenvalue weighted by Gasteiger charge is 2.58. The number of hydrogen-bond donors (Lipinski definition) is 2. The molecule has 1 aliphatic heterocycles. The molecule has 3 atom stereocenters. The van der Waals surface area contributed by atoms with Gasteiger partial charge in [-0.3, -0.25) is 4.79 Å². The van der Waals surface area contributed by atoms with Crippen LogP contribution in [0.3, 0.4) is 0 Å². The van der Waals surface area contributed by atoms with Crippen LogP contribution in [0.4, 0.5) is 0 Å². The molecular weight excluding hydrogens is 400 g/mol. The summed E-state index contributed by atoms with van der Waals surface area (Å²) in [4.78, 5) is 18.8. The van der Waals surface area contributed by atoms with E-state index < -0.39 is 15.6 Å². The number of sulfonamides is 1. The smallest absolute Gasteiger partial charge is 0.258 e. The Kier molecular flexibility index (Phi) is 4.95. The number of aromatic nitrogens is 1. The van der Waals surface area contributed by atoms with Crippen LogP contribution in [0.15, 0.2) is 29.4 Å². The van der Waals surface area contributed by atoms with Gasteiger partial charge in [0.15, 0.2) is 5.03 Å². The standard InChI is InChI=1S/C22H32N4O3S/c1-16-5-4-8-26(16)20(27)14-24-21-10-17-9-18(11-21)13-22(12-17,15-21)25-30(28,29)19-6-2-3-7-23-19/h2-3,6-7,16-18,24-25H,4-5,8-15H2,1H3/t16-,17?,18?,21?,22?/m1/s1. The van der Waals surface area contributed by atoms with Gasteiger partial charge >= 0.3 is 0 Å². The fourth-order valence-corrected chi connectivity index (χ4v) is 8.47. The maximum atomic E-state index is 13.0. The van der Waals surface area contributed by atoms with Gasteiger partial charge in [-0.2, -0.15) is 0 Å². The Morgan fingerprint density at radius 3 is 2.57 bits per heavy atom. The SMILES string of the molecule is C[C@@H]1CCCN1C(=O)CNC12CC3CC(C1)CC(NS(=O)(=O)c1ccccn1)(C3)C2. The summed E-state index contributed by atoms with van der Waals surface area (Å²) < 4.78 is 29.2. The first kappa shape index (κ1) is 20.4. The van der Waals surface area contributed by atoms with Gasteiger partial charge in [0.2, 0.25) is 5.91 Å². The summed E-state index contributed by atoms with van der Waals surface area (Å²) in [6, 6.07) is 5.30. The van der Waals surface area contributed by atoms with Gasteiger partial charge in [0, 0.05) is 29.9 Å². The van der Waals surface area contributed by atoms with Crippen LogP contribution in [0.2, 0.25) is 0 Å². The zero-order valence-corrected chi connectivity index (χ0v) is 18.5. The first-order valence-electron chi connectivity index (χ1n) is 11.3. The van der Waals surface area contributed by atoms with Crippen LogP contribution in [0.5, 0.6) is 0 Å². The van der Waals surface area contributed by atoms with Gasteiger partial charge in [-0.25, -0.2) is 18.1 Å². The number of carbonyl (C=O) groups excluding carboxylic acids is 1. The average molecular weight is 433 g/mol. The normalized spacial score (nSPS) is 37.6. The van der Waals surface area contributed by atoms with Crippen LogP contribution >= 0.6 is 0 Å². The van der Waals surface area contributed by atoms with E-state index in [-0.39, 0.29) is 16.5 Å². The average Bonchev–Trinajstić information content (AvgIpc) is 3.11. The maximum absolute atomic E-state index is 13.0. The van der Waals surface area contributed by atoms with Gasteiger partial charge in [-0.1, -0.05) is 6.07 Å². The quantitative estimate of drug-likeness (QED) is 0.718. The molecule has 4 aliphatic carbocycles. The van der Waals surface area contributed by atoms with Crippen molar-refractivity contribution in [3.8, 4) is 0 Å². The Bertz CT molecular complexity index is 906. The number of nitrogens with one attached hydrogen (secondary N) is 2. The van der Waals surface area contributed by atoms with E-state index in [0.717, 1.165) is 51.5 Å². The molecule has 0 radical (unpaired) electrons. The lowest BCUT2D eigenvalue weighted by atomic mass is 9.50. The third kappa shape index (κ3) is 3.67. The van der Waals surface area contributed by atoms with E-state index in [1.165, 1.54) is 12.6 Å². The predicted molar refractivity (Wildman–Crippen MR) is 113 cm³/mol. The second-order valence-corrected chi connectivity index (χ2v) is 11.9. The summed E-state index contributed by atoms with van der Waals surface area (Å²) in [5.74, 6) is 1.19. The fourth-order valence-electron chi connectivity index (χ4n) is 7.10. The van der Waals surface area contributed by atoms with Crippen molar-refractivity contribution in [3.63, 3.8) is 0 Å². The highest BCUT2D eigenvalue weighted by atomic mass is 32.2. The number of carbonyl (C=O) groups is 1. The first-order chi connectivity index (χ1) is 14.3. The molecular formula is C22H32N4O3S. The Morgan fingerprint density at radius 1 is 1.20 bits per heavy atom. The van der Waals surface area contributed by atoms with Crippen molar-refractivity contribution in [1.82, 2.24) is 19.9 Å². The molecule has 1 saturated heterocycles. The second-order valence-electron chi connectivity index (χ2n) is 10.2. The van der Waals surface area contributed by atoms with E-state index in [9.17, 15) is 13.2 Å². The zero-order chi connectivity index (χ0) is 21.0. The van der Waals surface area contributed by atoms with Crippen molar-refractivity contribution in [2.75, 3.05) is 13.1 Å². The fraction of sp³-hybridized carbons (Fsp3) is 0.727. The molecule has 2 unspecified atom stereocenters. The molecule has 5 fully saturated rings. The van der Waals surface area contributed by atoms with Gasteiger partial charge < -0.3 is 10.2 Å². The summed E-state index contributed by atoms with van der Waals surface area (Å²) in [6.07, 6.45) is 9.46. The van der Waals surface area contributed by atoms with Crippen LogP contribution in [-0.4, -0.2) is 54.4 Å². The number of hydrogen-bond acceptors (Lipinski definition) is 5. The van der Waals surface area contributed by atoms with E-state index >= 15 is 0 Å². The number of pyridine rings is 1. The predicted octanol–water partition coefficient (Wildman–Crippen LogP) is 2.05. The van der Waals surface area contributed by atoms with Crippen LogP contribution in [0.25, 0.3) is 0 Å². The van der Waals surface area contributed by atoms with Gasteiger partial charge in [0.05, 0.1) is 6.54 Å². The molecule has 2 N–H and O–H groups in total. The molecule has 1 aromatic heterocycles. The van der Waals surface area contributed by atoms with Crippen molar-refractivity contribution in [3.05, 3.63) is 24.4 Å². The summed E-state index contributed by atoms with van der Waals surface area (Å²) in [5.41, 5.74) is -0.577. The van der Waals surface area contributed by atoms with Crippen molar-refractivity contribution in [2.45, 2.75) is 80.4 Å². The van der Waals surface area contributed by atoms with Crippen LogP contribution in [0, 0.1) is 11.8 Å². The monoisotopic (exact) mass is 432 g/mol. The molecule has 8 heteroatoms. The van der Waals surface area contributed by atoms with Gasteiger partial charge in [0.1, 0.15) is 0 Å². The van der Waals surface area contributed by atoms with Crippen molar-refractivity contribution >= 4 is 15.9 Å². The number of likely N-dealkylation sites (tertiary alicyclic amines) is 1. The number of rotatable bonds is 6. The number of amides is 1. The lowest BCUT2D eigenvalue weighted by Gasteiger charge is -2.62. The zero-order valence-electron chi connectivity index (χ0n) is 17.6. The van der Waals surface area contributed by atoms with E-state index in [0.29, 0.717) is 24.4 Å². The first-order valence-corrected chi connectivity index (χ1v) is 12.8. The third-order valence-electron chi connectivity index (χ3n) is 7.81. The molecule has 7 nitrogen and oxygen atoms in total. The maximum Gasteiger partial charge on any atom is 0.258 e. The highest BCUT2D eigenvalue weighted by Crippen LogP contribution is 2.57. The topological polar surface area (TPSA) is 91.4 Å². The summed E-state index contributed by atoms with van der Waals surface area (Å²) in [5, 5.41) is 3.72. The molecule has 4 saturated carbocycles. The summed E-state index contributed by atoms with van der Waals surface area (Å²) in [6.45, 7) is 3.33. The van der Waals surface area contributed by atoms with Crippen LogP contribution in [-0.2, 0) is 14.8 Å². The second kappa shape index (κ2) is 7.28. The van der Waals surface area contributed by atoms with Crippen molar-refractivity contribution < 1.29 is 13.2 Å². The van der Waals surface area contributed by atoms with Gasteiger partial charge in [0.25, 0.3) is 10.0 Å². The van der Waals surface area contributed by atoms with E-state index in [4.69, 9.17) is 0 Å². The summed E-state index contributed by atoms with van der Waals surface area (Å²) >= 11 is 0. The Balaban J connectivity index is 1.33. The molecule has 4 bridgehead atoms. The minimum absolute atomic E-state index is 0.0842. The van der Waals surface area contributed by atoms with Crippen molar-refractivity contribution in [2.24, 2.45) is 11.8 Å². The van der Waals surface area contributed by atoms with E-state index in [2.05, 4.69) is 21.9 Å². The highest BCUT2D eigenvalue weighted by molar-refractivity contribution is 7.89. The molecule has 1 amide bonds.